The van der Waals surface area contributed by atoms with Crippen molar-refractivity contribution in [2.24, 2.45) is 56.7 Å². The molecule has 0 heterocycles. The Balaban J connectivity index is 1.64. The fourth-order valence-corrected chi connectivity index (χ4v) is 10.8. The van der Waals surface area contributed by atoms with Gasteiger partial charge in [0.1, 0.15) is 0 Å². The molecule has 0 aromatic carbocycles. The quantitative estimate of drug-likeness (QED) is 0.298. The fourth-order valence-electron chi connectivity index (χ4n) is 10.8. The number of methoxy groups -OCH3 is 1. The van der Waals surface area contributed by atoms with Crippen LogP contribution < -0.4 is 0 Å². The summed E-state index contributed by atoms with van der Waals surface area (Å²) >= 11 is 0. The van der Waals surface area contributed by atoms with Gasteiger partial charge in [0, 0.05) is 0 Å². The molecule has 0 aliphatic heterocycles. The second kappa shape index (κ2) is 7.01. The van der Waals surface area contributed by atoms with Crippen LogP contribution in [0.15, 0.2) is 23.3 Å². The molecular weight excluding hydrogens is 404 g/mol. The van der Waals surface area contributed by atoms with Crippen molar-refractivity contribution in [1.82, 2.24) is 0 Å². The molecule has 33 heavy (non-hydrogen) atoms. The van der Waals surface area contributed by atoms with Crippen LogP contribution in [0.5, 0.6) is 0 Å². The molecule has 3 saturated carbocycles. The number of ether oxygens (including phenoxy) is 1. The fraction of sp³-hybridized carbons (Fsp3) is 0.839. The summed E-state index contributed by atoms with van der Waals surface area (Å²) in [5, 5.41) is 0. The standard InChI is InChI=1S/C31H48O2/c1-19-12-15-31(26(32)33-9)17-16-28(6)22(25(31)21(19)3)10-11-24-29(28,7)14-13-23-27(4,5)18-20(2)30(23,24)8/h10,18-19,21,23-25H,11-17H2,1-9H3/t19-,21+,23?,24?,25?,28-,29-,30+,31?/m1/s1. The van der Waals surface area contributed by atoms with Crippen molar-refractivity contribution in [3.8, 4) is 0 Å². The molecule has 0 saturated heterocycles. The van der Waals surface area contributed by atoms with Crippen molar-refractivity contribution in [2.45, 2.75) is 100 Å². The number of hydrogen-bond acceptors (Lipinski definition) is 2. The predicted octanol–water partition coefficient (Wildman–Crippen LogP) is 7.98. The van der Waals surface area contributed by atoms with E-state index in [1.165, 1.54) is 19.3 Å². The lowest BCUT2D eigenvalue weighted by Crippen LogP contribution is -2.63. The van der Waals surface area contributed by atoms with Crippen LogP contribution in [0.3, 0.4) is 0 Å². The maximum atomic E-state index is 13.4. The van der Waals surface area contributed by atoms with Crippen LogP contribution in [0.1, 0.15) is 100 Å². The molecule has 4 unspecified atom stereocenters. The highest BCUT2D eigenvalue weighted by Gasteiger charge is 2.69. The average molecular weight is 453 g/mol. The van der Waals surface area contributed by atoms with Crippen molar-refractivity contribution in [1.29, 1.82) is 0 Å². The maximum absolute atomic E-state index is 13.4. The third-order valence-corrected chi connectivity index (χ3v) is 13.0. The molecule has 5 rings (SSSR count). The minimum absolute atomic E-state index is 0.0634. The van der Waals surface area contributed by atoms with E-state index in [-0.39, 0.29) is 27.6 Å². The van der Waals surface area contributed by atoms with Gasteiger partial charge in [-0.05, 0) is 103 Å². The van der Waals surface area contributed by atoms with Crippen molar-refractivity contribution >= 4 is 5.97 Å². The van der Waals surface area contributed by atoms with Crippen LogP contribution >= 0.6 is 0 Å². The molecule has 0 N–H and O–H groups in total. The van der Waals surface area contributed by atoms with Gasteiger partial charge in [0.15, 0.2) is 0 Å². The third kappa shape index (κ3) is 2.65. The highest BCUT2D eigenvalue weighted by Crippen LogP contribution is 2.76. The van der Waals surface area contributed by atoms with E-state index in [2.05, 4.69) is 67.5 Å². The number of allylic oxidation sites excluding steroid dienone is 4. The summed E-state index contributed by atoms with van der Waals surface area (Å²) < 4.78 is 5.51. The van der Waals surface area contributed by atoms with Crippen LogP contribution in [0.25, 0.3) is 0 Å². The van der Waals surface area contributed by atoms with Gasteiger partial charge in [0.25, 0.3) is 0 Å². The van der Waals surface area contributed by atoms with Gasteiger partial charge in [-0.3, -0.25) is 4.79 Å². The first-order chi connectivity index (χ1) is 15.3. The summed E-state index contributed by atoms with van der Waals surface area (Å²) in [5.41, 5.74) is 3.99. The van der Waals surface area contributed by atoms with Crippen LogP contribution in [-0.4, -0.2) is 13.1 Å². The zero-order valence-corrected chi connectivity index (χ0v) is 22.8. The van der Waals surface area contributed by atoms with Crippen LogP contribution in [0.2, 0.25) is 0 Å². The highest BCUT2D eigenvalue weighted by atomic mass is 16.5. The Hall–Kier alpha value is -1.05. The largest absolute Gasteiger partial charge is 0.469 e. The van der Waals surface area contributed by atoms with E-state index in [9.17, 15) is 4.79 Å². The Morgan fingerprint density at radius 2 is 1.67 bits per heavy atom. The Labute approximate surface area is 203 Å². The smallest absolute Gasteiger partial charge is 0.312 e. The minimum atomic E-state index is -0.304. The SMILES string of the molecule is COC(=O)C12CC[C@@H](C)[C@H](C)C1C1=CCC3[C@@]4(C)C(C)=CC(C)(C)C4CC[C@@]3(C)[C@]1(C)CC2. The van der Waals surface area contributed by atoms with Gasteiger partial charge >= 0.3 is 5.97 Å². The molecule has 3 fully saturated rings. The summed E-state index contributed by atoms with van der Waals surface area (Å²) in [5.74, 6) is 3.02. The van der Waals surface area contributed by atoms with Gasteiger partial charge in [-0.15, -0.1) is 0 Å². The second-order valence-electron chi connectivity index (χ2n) is 14.2. The molecule has 2 heteroatoms. The first-order valence-electron chi connectivity index (χ1n) is 13.8. The number of hydrogen-bond donors (Lipinski definition) is 0. The average Bonchev–Trinajstić information content (AvgIpc) is 2.94. The minimum Gasteiger partial charge on any atom is -0.469 e. The molecule has 0 radical (unpaired) electrons. The Bertz CT molecular complexity index is 925. The van der Waals surface area contributed by atoms with Gasteiger partial charge in [-0.25, -0.2) is 0 Å². The molecule has 5 aliphatic rings. The topological polar surface area (TPSA) is 26.3 Å². The van der Waals surface area contributed by atoms with Crippen LogP contribution in [0.4, 0.5) is 0 Å². The van der Waals surface area contributed by atoms with Gasteiger partial charge in [0.05, 0.1) is 12.5 Å². The number of fused-ring (bicyclic) bond motifs is 7. The summed E-state index contributed by atoms with van der Waals surface area (Å²) in [7, 11) is 1.61. The Morgan fingerprint density at radius 1 is 0.970 bits per heavy atom. The molecule has 0 bridgehead atoms. The second-order valence-corrected chi connectivity index (χ2v) is 14.2. The van der Waals surface area contributed by atoms with Crippen LogP contribution in [-0.2, 0) is 9.53 Å². The Morgan fingerprint density at radius 3 is 2.33 bits per heavy atom. The van der Waals surface area contributed by atoms with Gasteiger partial charge in [0.2, 0.25) is 0 Å². The molecule has 0 aromatic heterocycles. The lowest BCUT2D eigenvalue weighted by molar-refractivity contribution is -0.176. The van der Waals surface area contributed by atoms with Crippen molar-refractivity contribution in [3.05, 3.63) is 23.3 Å². The molecule has 2 nitrogen and oxygen atoms in total. The van der Waals surface area contributed by atoms with E-state index in [1.54, 1.807) is 18.3 Å². The molecule has 5 aliphatic carbocycles. The molecule has 0 aromatic rings. The molecule has 0 spiro atoms. The summed E-state index contributed by atoms with van der Waals surface area (Å²) in [6.07, 6.45) is 13.4. The monoisotopic (exact) mass is 452 g/mol. The third-order valence-electron chi connectivity index (χ3n) is 13.0. The maximum Gasteiger partial charge on any atom is 0.312 e. The predicted molar refractivity (Wildman–Crippen MR) is 136 cm³/mol. The van der Waals surface area contributed by atoms with E-state index in [0.29, 0.717) is 29.1 Å². The highest BCUT2D eigenvalue weighted by molar-refractivity contribution is 5.78. The molecule has 0 amide bonds. The van der Waals surface area contributed by atoms with Crippen molar-refractivity contribution < 1.29 is 9.53 Å². The van der Waals surface area contributed by atoms with Crippen molar-refractivity contribution in [2.75, 3.05) is 7.11 Å². The van der Waals surface area contributed by atoms with E-state index in [1.807, 2.05) is 0 Å². The molecular formula is C31H48O2. The number of carbonyl (C=O) groups is 1. The first-order valence-corrected chi connectivity index (χ1v) is 13.8. The van der Waals surface area contributed by atoms with E-state index >= 15 is 0 Å². The van der Waals surface area contributed by atoms with Gasteiger partial charge < -0.3 is 4.74 Å². The van der Waals surface area contributed by atoms with E-state index < -0.39 is 0 Å². The normalized spacial score (nSPS) is 52.5. The molecule has 184 valence electrons. The zero-order valence-electron chi connectivity index (χ0n) is 22.8. The van der Waals surface area contributed by atoms with Gasteiger partial charge in [-0.1, -0.05) is 71.8 Å². The first kappa shape index (κ1) is 23.7. The lowest BCUT2D eigenvalue weighted by Gasteiger charge is -2.69. The Kier molecular flexibility index (Phi) is 5.03. The zero-order chi connectivity index (χ0) is 24.2. The summed E-state index contributed by atoms with van der Waals surface area (Å²) in [6.45, 7) is 20.0. The number of rotatable bonds is 1. The summed E-state index contributed by atoms with van der Waals surface area (Å²) in [4.78, 5) is 13.4. The number of carbonyl (C=O) groups excluding carboxylic acids is 1. The van der Waals surface area contributed by atoms with Crippen molar-refractivity contribution in [3.63, 3.8) is 0 Å². The number of esters is 1. The van der Waals surface area contributed by atoms with E-state index in [0.717, 1.165) is 31.6 Å². The van der Waals surface area contributed by atoms with Gasteiger partial charge in [-0.2, -0.15) is 0 Å². The van der Waals surface area contributed by atoms with Crippen LogP contribution in [0, 0.1) is 56.7 Å². The summed E-state index contributed by atoms with van der Waals surface area (Å²) in [6, 6.07) is 0. The molecule has 9 atom stereocenters. The lowest BCUT2D eigenvalue weighted by atomic mass is 9.35. The van der Waals surface area contributed by atoms with E-state index in [4.69, 9.17) is 4.74 Å².